The third kappa shape index (κ3) is 30.6. The molecule has 0 bridgehead atoms. The Bertz CT molecular complexity index is 604. The van der Waals surface area contributed by atoms with Gasteiger partial charge in [-0.3, -0.25) is 9.59 Å². The average molecular weight is 672 g/mol. The Hall–Kier alpha value is -0.770. The molecule has 46 heavy (non-hydrogen) atoms. The van der Waals surface area contributed by atoms with Crippen LogP contribution in [0.15, 0.2) is 0 Å². The van der Waals surface area contributed by atoms with Crippen LogP contribution in [0.4, 0.5) is 0 Å². The Labute approximate surface area is 292 Å². The summed E-state index contributed by atoms with van der Waals surface area (Å²) < 4.78 is 11.7. The van der Waals surface area contributed by atoms with Crippen LogP contribution in [-0.4, -0.2) is 31.0 Å². The van der Waals surface area contributed by atoms with Crippen molar-refractivity contribution < 1.29 is 19.1 Å². The minimum absolute atomic E-state index is 0.0410. The average Bonchev–Trinajstić information content (AvgIpc) is 3.05. The Morgan fingerprint density at radius 2 is 0.696 bits per heavy atom. The molecule has 0 amide bonds. The summed E-state index contributed by atoms with van der Waals surface area (Å²) in [4.78, 5) is 26.0. The van der Waals surface area contributed by atoms with Crippen molar-refractivity contribution in [2.24, 2.45) is 17.8 Å². The van der Waals surface area contributed by atoms with E-state index in [0.29, 0.717) is 43.8 Å². The van der Waals surface area contributed by atoms with Crippen molar-refractivity contribution in [3.8, 4) is 0 Å². The first kappa shape index (κ1) is 45.2. The number of esters is 2. The van der Waals surface area contributed by atoms with Crippen LogP contribution in [0.2, 0.25) is 0 Å². The van der Waals surface area contributed by atoms with E-state index in [1.54, 1.807) is 0 Å². The highest BCUT2D eigenvalue weighted by Crippen LogP contribution is 2.25. The number of hydrogen-bond donors (Lipinski definition) is 0. The zero-order chi connectivity index (χ0) is 33.9. The van der Waals surface area contributed by atoms with Gasteiger partial charge in [0.2, 0.25) is 0 Å². The second-order valence-electron chi connectivity index (χ2n) is 14.4. The van der Waals surface area contributed by atoms with Crippen molar-refractivity contribution >= 4 is 23.5 Å². The van der Waals surface area contributed by atoms with Crippen LogP contribution in [0.1, 0.15) is 214 Å². The number of rotatable bonds is 36. The Kier molecular flexibility index (Phi) is 34.9. The number of unbranched alkanes of at least 4 members (excludes halogenated alkanes) is 17. The maximum absolute atomic E-state index is 13.0. The van der Waals surface area contributed by atoms with Gasteiger partial charge in [-0.25, -0.2) is 0 Å². The molecule has 0 rings (SSSR count). The zero-order valence-corrected chi connectivity index (χ0v) is 32.1. The molecule has 0 saturated heterocycles. The van der Waals surface area contributed by atoms with Gasteiger partial charge in [-0.2, -0.15) is 0 Å². The minimum Gasteiger partial charge on any atom is -0.465 e. The van der Waals surface area contributed by atoms with Gasteiger partial charge < -0.3 is 9.47 Å². The van der Waals surface area contributed by atoms with Gasteiger partial charge in [0.05, 0.1) is 13.2 Å². The quantitative estimate of drug-likeness (QED) is 0.0378. The monoisotopic (exact) mass is 671 g/mol. The number of hydrogen-bond acceptors (Lipinski definition) is 4. The number of halogens is 1. The van der Waals surface area contributed by atoms with Crippen molar-refractivity contribution in [1.29, 1.82) is 0 Å². The van der Waals surface area contributed by atoms with Gasteiger partial charge in [0, 0.05) is 24.6 Å². The molecule has 0 aliphatic rings. The van der Waals surface area contributed by atoms with Gasteiger partial charge in [0.25, 0.3) is 0 Å². The van der Waals surface area contributed by atoms with Gasteiger partial charge in [-0.1, -0.05) is 163 Å². The van der Waals surface area contributed by atoms with E-state index in [4.69, 9.17) is 21.1 Å². The van der Waals surface area contributed by atoms with Crippen LogP contribution >= 0.6 is 11.6 Å². The van der Waals surface area contributed by atoms with Crippen molar-refractivity contribution in [1.82, 2.24) is 0 Å². The van der Waals surface area contributed by atoms with E-state index in [1.165, 1.54) is 128 Å². The van der Waals surface area contributed by atoms with Crippen LogP contribution in [0.25, 0.3) is 0 Å². The summed E-state index contributed by atoms with van der Waals surface area (Å²) in [6.07, 6.45) is 33.7. The first-order valence-electron chi connectivity index (χ1n) is 20.4. The van der Waals surface area contributed by atoms with E-state index in [9.17, 15) is 9.59 Å². The number of carbonyl (C=O) groups excluding carboxylic acids is 2. The van der Waals surface area contributed by atoms with Crippen LogP contribution < -0.4 is 0 Å². The van der Waals surface area contributed by atoms with Crippen LogP contribution in [0.3, 0.4) is 0 Å². The normalized spacial score (nSPS) is 13.4. The van der Waals surface area contributed by atoms with Crippen molar-refractivity contribution in [2.45, 2.75) is 214 Å². The molecule has 0 saturated carbocycles. The molecule has 0 aliphatic carbocycles. The Balaban J connectivity index is 4.87. The summed E-state index contributed by atoms with van der Waals surface area (Å²) >= 11 is 5.96. The van der Waals surface area contributed by atoms with Crippen molar-refractivity contribution in [2.75, 3.05) is 19.1 Å². The molecule has 0 N–H and O–H groups in total. The Morgan fingerprint density at radius 3 is 1.04 bits per heavy atom. The molecule has 2 unspecified atom stereocenters. The molecular weight excluding hydrogens is 592 g/mol. The molecule has 0 fully saturated rings. The molecular formula is C41H79ClO4. The second kappa shape index (κ2) is 35.5. The lowest BCUT2D eigenvalue weighted by molar-refractivity contribution is -0.150. The lowest BCUT2D eigenvalue weighted by Crippen LogP contribution is -2.23. The lowest BCUT2D eigenvalue weighted by Gasteiger charge is -2.20. The number of carbonyl (C=O) groups is 2. The summed E-state index contributed by atoms with van der Waals surface area (Å²) in [5.74, 6) is 1.35. The van der Waals surface area contributed by atoms with Gasteiger partial charge in [0.15, 0.2) is 0 Å². The van der Waals surface area contributed by atoms with Crippen LogP contribution in [-0.2, 0) is 19.1 Å². The maximum atomic E-state index is 13.0. The van der Waals surface area contributed by atoms with Crippen LogP contribution in [0, 0.1) is 17.8 Å². The Morgan fingerprint density at radius 1 is 0.413 bits per heavy atom. The van der Waals surface area contributed by atoms with E-state index < -0.39 is 0 Å². The second-order valence-corrected chi connectivity index (χ2v) is 14.7. The fourth-order valence-electron chi connectivity index (χ4n) is 6.60. The summed E-state index contributed by atoms with van der Waals surface area (Å²) in [6, 6.07) is 0. The first-order chi connectivity index (χ1) is 22.5. The number of ether oxygens (including phenoxy) is 2. The van der Waals surface area contributed by atoms with Crippen molar-refractivity contribution in [3.63, 3.8) is 0 Å². The number of alkyl halides is 1. The zero-order valence-electron chi connectivity index (χ0n) is 31.4. The van der Waals surface area contributed by atoms with Gasteiger partial charge in [-0.15, -0.1) is 11.6 Å². The fraction of sp³-hybridized carbons (Fsp3) is 0.951. The molecule has 0 aromatic carbocycles. The summed E-state index contributed by atoms with van der Waals surface area (Å²) in [7, 11) is 0. The molecule has 0 aromatic rings. The molecule has 0 aromatic heterocycles. The fourth-order valence-corrected chi connectivity index (χ4v) is 6.79. The van der Waals surface area contributed by atoms with E-state index >= 15 is 0 Å². The third-order valence-corrected chi connectivity index (χ3v) is 10.00. The van der Waals surface area contributed by atoms with E-state index in [-0.39, 0.29) is 17.9 Å². The highest BCUT2D eigenvalue weighted by atomic mass is 35.5. The van der Waals surface area contributed by atoms with Gasteiger partial charge in [-0.05, 0) is 50.4 Å². The van der Waals surface area contributed by atoms with Gasteiger partial charge in [0.1, 0.15) is 0 Å². The highest BCUT2D eigenvalue weighted by molar-refractivity contribution is 6.17. The largest absolute Gasteiger partial charge is 0.465 e. The van der Waals surface area contributed by atoms with E-state index in [2.05, 4.69) is 27.7 Å². The molecule has 0 aliphatic heterocycles. The van der Waals surface area contributed by atoms with Crippen LogP contribution in [0.5, 0.6) is 0 Å². The minimum atomic E-state index is -0.0776. The first-order valence-corrected chi connectivity index (χ1v) is 20.9. The molecule has 4 nitrogen and oxygen atoms in total. The molecule has 0 radical (unpaired) electrons. The smallest absolute Gasteiger partial charge is 0.306 e. The third-order valence-electron chi connectivity index (χ3n) is 9.73. The van der Waals surface area contributed by atoms with E-state index in [1.807, 2.05) is 0 Å². The summed E-state index contributed by atoms with van der Waals surface area (Å²) in [6.45, 7) is 9.69. The highest BCUT2D eigenvalue weighted by Gasteiger charge is 2.20. The molecule has 274 valence electrons. The van der Waals surface area contributed by atoms with Crippen molar-refractivity contribution in [3.05, 3.63) is 0 Å². The maximum Gasteiger partial charge on any atom is 0.306 e. The molecule has 0 spiro atoms. The molecule has 2 atom stereocenters. The SMILES string of the molecule is CCCCCCCCC(CCCCCC)CC(=O)OCC(CCCCCl)COC(=O)CC(CCCCCC)CCCCCCCC. The summed E-state index contributed by atoms with van der Waals surface area (Å²) in [5, 5.41) is 0. The van der Waals surface area contributed by atoms with Gasteiger partial charge >= 0.3 is 11.9 Å². The molecule has 0 heterocycles. The topological polar surface area (TPSA) is 52.6 Å². The molecule has 5 heteroatoms. The summed E-state index contributed by atoms with van der Waals surface area (Å²) in [5.41, 5.74) is 0. The lowest BCUT2D eigenvalue weighted by atomic mass is 9.91. The predicted octanol–water partition coefficient (Wildman–Crippen LogP) is 13.6. The standard InChI is InChI=1S/C41H79ClO4/c1-5-9-13-17-19-23-29-37(27-21-15-11-7-3)33-40(43)45-35-39(31-25-26-32-42)36-46-41(44)34-38(28-22-16-12-8-4)30-24-20-18-14-10-6-2/h37-39H,5-36H2,1-4H3. The predicted molar refractivity (Wildman–Crippen MR) is 200 cm³/mol. The van der Waals surface area contributed by atoms with E-state index in [0.717, 1.165) is 44.9 Å².